The van der Waals surface area contributed by atoms with Crippen molar-refractivity contribution in [1.82, 2.24) is 14.7 Å². The van der Waals surface area contributed by atoms with E-state index in [-0.39, 0.29) is 54.2 Å². The van der Waals surface area contributed by atoms with Crippen LogP contribution in [0.4, 0.5) is 0 Å². The molecule has 3 N–H and O–H groups in total. The third kappa shape index (κ3) is 5.87. The highest BCUT2D eigenvalue weighted by molar-refractivity contribution is 6.71. The van der Waals surface area contributed by atoms with E-state index in [9.17, 15) is 19.5 Å². The van der Waals surface area contributed by atoms with E-state index in [1.807, 2.05) is 79.8 Å². The second kappa shape index (κ2) is 11.9. The number of carbonyl (C=O) groups is 1. The number of aryl methyl sites for hydroxylation is 1. The van der Waals surface area contributed by atoms with Gasteiger partial charge in [-0.2, -0.15) is 0 Å². The molecule has 0 radical (unpaired) electrons. The molecule has 1 fully saturated rings. The largest absolute Gasteiger partial charge is 0.432 e. The van der Waals surface area contributed by atoms with E-state index in [0.717, 1.165) is 35.2 Å². The number of aromatic nitrogens is 2. The molecule has 2 aliphatic heterocycles. The van der Waals surface area contributed by atoms with Gasteiger partial charge in [-0.1, -0.05) is 55.5 Å². The number of nitrogens with one attached hydrogen (secondary N) is 1. The number of H-pyrrole nitrogens is 1. The zero-order valence-electron chi connectivity index (χ0n) is 25.1. The third-order valence-electron chi connectivity index (χ3n) is 9.49. The number of fused-ring (bicyclic) bond motifs is 2. The maximum absolute atomic E-state index is 13.7. The number of benzene rings is 3. The predicted molar refractivity (Wildman–Crippen MR) is 170 cm³/mol. The molecule has 2 aliphatic rings. The molecule has 0 spiro atoms. The summed E-state index contributed by atoms with van der Waals surface area (Å²) in [6.45, 7) is 6.43. The number of para-hydroxylation sites is 1. The zero-order chi connectivity index (χ0) is 30.3. The summed E-state index contributed by atoms with van der Waals surface area (Å²) in [5.74, 6) is 0.0850. The molecular formula is C34H41N3O5Si. The van der Waals surface area contributed by atoms with E-state index in [0.29, 0.717) is 18.4 Å². The van der Waals surface area contributed by atoms with Crippen LogP contribution in [0.3, 0.4) is 0 Å². The van der Waals surface area contributed by atoms with Crippen molar-refractivity contribution >= 4 is 25.1 Å². The highest BCUT2D eigenvalue weighted by atomic mass is 28.4. The molecule has 1 amide bonds. The number of aromatic amines is 1. The molecule has 43 heavy (non-hydrogen) atoms. The van der Waals surface area contributed by atoms with Crippen molar-refractivity contribution in [2.75, 3.05) is 6.61 Å². The zero-order valence-corrected chi connectivity index (χ0v) is 26.1. The maximum Gasteiger partial charge on any atom is 0.279 e. The van der Waals surface area contributed by atoms with Crippen LogP contribution in [0.5, 0.6) is 0 Å². The summed E-state index contributed by atoms with van der Waals surface area (Å²) in [5.41, 5.74) is 4.88. The van der Waals surface area contributed by atoms with Crippen LogP contribution in [0.2, 0.25) is 18.6 Å². The summed E-state index contributed by atoms with van der Waals surface area (Å²) in [4.78, 5) is 39.6. The van der Waals surface area contributed by atoms with Gasteiger partial charge in [-0.15, -0.1) is 0 Å². The molecule has 4 aromatic rings. The number of hydrogen-bond donors (Lipinski definition) is 3. The Morgan fingerprint density at radius 1 is 1.00 bits per heavy atom. The van der Waals surface area contributed by atoms with Crippen LogP contribution in [-0.2, 0) is 28.9 Å². The summed E-state index contributed by atoms with van der Waals surface area (Å²) < 4.78 is 8.16. The number of ether oxygens (including phenoxy) is 1. The Morgan fingerprint density at radius 2 is 1.70 bits per heavy atom. The van der Waals surface area contributed by atoms with E-state index >= 15 is 0 Å². The number of carbonyl (C=O) groups excluding carboxylic acids is 1. The molecular weight excluding hydrogens is 558 g/mol. The lowest BCUT2D eigenvalue weighted by atomic mass is 9.93. The van der Waals surface area contributed by atoms with E-state index in [1.54, 1.807) is 9.58 Å². The van der Waals surface area contributed by atoms with E-state index in [1.165, 1.54) is 5.56 Å². The minimum atomic E-state index is -2.65. The van der Waals surface area contributed by atoms with E-state index in [2.05, 4.69) is 18.1 Å². The lowest BCUT2D eigenvalue weighted by Gasteiger charge is -2.37. The van der Waals surface area contributed by atoms with Gasteiger partial charge >= 0.3 is 0 Å². The van der Waals surface area contributed by atoms with Gasteiger partial charge in [-0.25, -0.2) is 4.68 Å². The molecule has 1 aromatic heterocycles. The predicted octanol–water partition coefficient (Wildman–Crippen LogP) is 4.56. The molecule has 0 bridgehead atoms. The average Bonchev–Trinajstić information content (AvgIpc) is 3.51. The number of amides is 1. The standard InChI is InChI=1S/C34H41N3O5Si/c1-22-30(17-14-23-12-15-26(16-13-23)37-34(40)28-10-6-7-11-29(28)35-37)42-31(33(22)43(2,3)41)19-32(39)36-20-25-9-5-4-8-24(25)18-27(36)21-38/h4-13,15-16,22,27,30-31,33,35,38,41H,14,17-21H2,1-3H3/t22-,27+,30+,31-,33+/m1/s1. The summed E-state index contributed by atoms with van der Waals surface area (Å²) >= 11 is 0. The smallest absolute Gasteiger partial charge is 0.279 e. The maximum atomic E-state index is 13.7. The first-order valence-electron chi connectivity index (χ1n) is 15.3. The topological polar surface area (TPSA) is 108 Å². The second-order valence-electron chi connectivity index (χ2n) is 12.8. The van der Waals surface area contributed by atoms with Crippen LogP contribution in [0.1, 0.15) is 36.5 Å². The number of rotatable bonds is 8. The van der Waals surface area contributed by atoms with Crippen LogP contribution in [-0.4, -0.2) is 63.7 Å². The van der Waals surface area contributed by atoms with Crippen molar-refractivity contribution in [1.29, 1.82) is 0 Å². The van der Waals surface area contributed by atoms with Crippen molar-refractivity contribution in [3.63, 3.8) is 0 Å². The first-order chi connectivity index (χ1) is 20.6. The molecule has 9 heteroatoms. The molecule has 3 aromatic carbocycles. The summed E-state index contributed by atoms with van der Waals surface area (Å²) in [6.07, 6.45) is 1.97. The monoisotopic (exact) mass is 599 g/mol. The van der Waals surface area contributed by atoms with Crippen molar-refractivity contribution in [3.8, 4) is 5.69 Å². The Morgan fingerprint density at radius 3 is 2.40 bits per heavy atom. The lowest BCUT2D eigenvalue weighted by molar-refractivity contribution is -0.138. The van der Waals surface area contributed by atoms with Crippen LogP contribution in [0.15, 0.2) is 77.6 Å². The third-order valence-corrected chi connectivity index (χ3v) is 12.0. The van der Waals surface area contributed by atoms with Crippen LogP contribution in [0, 0.1) is 5.92 Å². The number of aliphatic hydroxyl groups excluding tert-OH is 1. The molecule has 6 rings (SSSR count). The molecule has 0 aliphatic carbocycles. The SMILES string of the molecule is C[C@H]1[C@H]([Si](C)(C)O)[C@@H](CC(=O)N2Cc3ccccc3C[C@H]2CO)O[C@H]1CCc1ccc(-n2[nH]c3ccccc3c2=O)cc1. The quantitative estimate of drug-likeness (QED) is 0.258. The molecule has 5 atom stereocenters. The Bertz CT molecular complexity index is 1660. The van der Waals surface area contributed by atoms with Gasteiger partial charge in [0.25, 0.3) is 5.56 Å². The summed E-state index contributed by atoms with van der Waals surface area (Å²) in [7, 11) is -2.65. The van der Waals surface area contributed by atoms with E-state index in [4.69, 9.17) is 4.74 Å². The fraction of sp³-hybridized carbons (Fsp3) is 0.412. The summed E-state index contributed by atoms with van der Waals surface area (Å²) in [5, 5.41) is 13.9. The fourth-order valence-corrected chi connectivity index (χ4v) is 9.91. The van der Waals surface area contributed by atoms with Crippen molar-refractivity contribution in [3.05, 3.63) is 99.8 Å². The molecule has 0 unspecified atom stereocenters. The second-order valence-corrected chi connectivity index (χ2v) is 16.8. The van der Waals surface area contributed by atoms with Crippen LogP contribution in [0.25, 0.3) is 16.6 Å². The van der Waals surface area contributed by atoms with Gasteiger partial charge in [0.15, 0.2) is 8.32 Å². The molecule has 8 nitrogen and oxygen atoms in total. The van der Waals surface area contributed by atoms with Gasteiger partial charge in [0, 0.05) is 12.1 Å². The average molecular weight is 600 g/mol. The van der Waals surface area contributed by atoms with Gasteiger partial charge in [0.05, 0.1) is 47.9 Å². The molecule has 0 saturated carbocycles. The highest BCUT2D eigenvalue weighted by Gasteiger charge is 2.50. The fourth-order valence-electron chi connectivity index (χ4n) is 7.30. The van der Waals surface area contributed by atoms with Gasteiger partial charge < -0.3 is 19.5 Å². The Labute approximate surface area is 253 Å². The number of nitrogens with zero attached hydrogens (tertiary/aromatic N) is 2. The minimum Gasteiger partial charge on any atom is -0.432 e. The van der Waals surface area contributed by atoms with Gasteiger partial charge in [0.2, 0.25) is 5.91 Å². The molecule has 226 valence electrons. The Balaban J connectivity index is 1.13. The number of aliphatic hydroxyl groups is 1. The molecule has 1 saturated heterocycles. The first kappa shape index (κ1) is 29.6. The Hall–Kier alpha value is -3.50. The number of hydrogen-bond acceptors (Lipinski definition) is 5. The van der Waals surface area contributed by atoms with Crippen molar-refractivity contribution < 1.29 is 19.4 Å². The lowest BCUT2D eigenvalue weighted by Crippen LogP contribution is -2.48. The normalized spacial score (nSPS) is 23.9. The van der Waals surface area contributed by atoms with Gasteiger partial charge in [0.1, 0.15) is 0 Å². The van der Waals surface area contributed by atoms with Crippen LogP contribution < -0.4 is 5.56 Å². The first-order valence-corrected chi connectivity index (χ1v) is 18.3. The molecule has 3 heterocycles. The van der Waals surface area contributed by atoms with Crippen LogP contribution >= 0.6 is 0 Å². The Kier molecular flexibility index (Phi) is 8.17. The van der Waals surface area contributed by atoms with E-state index < -0.39 is 8.32 Å². The van der Waals surface area contributed by atoms with Crippen molar-refractivity contribution in [2.45, 2.75) is 76.0 Å². The highest BCUT2D eigenvalue weighted by Crippen LogP contribution is 2.46. The minimum absolute atomic E-state index is 0.0301. The summed E-state index contributed by atoms with van der Waals surface area (Å²) in [6, 6.07) is 23.3. The van der Waals surface area contributed by atoms with Gasteiger partial charge in [-0.05, 0) is 79.2 Å². The van der Waals surface area contributed by atoms with Crippen molar-refractivity contribution in [2.24, 2.45) is 5.92 Å². The van der Waals surface area contributed by atoms with Gasteiger partial charge in [-0.3, -0.25) is 14.7 Å².